The van der Waals surface area contributed by atoms with Crippen LogP contribution in [0.15, 0.2) is 0 Å². The van der Waals surface area contributed by atoms with Gasteiger partial charge in [0.1, 0.15) is 0 Å². The van der Waals surface area contributed by atoms with Crippen LogP contribution in [0.4, 0.5) is 0 Å². The molecule has 0 fully saturated rings. The molecule has 2 unspecified atom stereocenters. The third-order valence-electron chi connectivity index (χ3n) is 1.17. The first-order valence-electron chi connectivity index (χ1n) is 5.44. The van der Waals surface area contributed by atoms with Gasteiger partial charge in [0.15, 0.2) is 0 Å². The van der Waals surface area contributed by atoms with E-state index in [1.54, 1.807) is 0 Å². The van der Waals surface area contributed by atoms with Crippen LogP contribution in [0.5, 0.6) is 0 Å². The summed E-state index contributed by atoms with van der Waals surface area (Å²) < 4.78 is 43.2. The van der Waals surface area contributed by atoms with Crippen molar-refractivity contribution in [2.45, 2.75) is 33.1 Å². The van der Waals surface area contributed by atoms with Gasteiger partial charge in [0, 0.05) is 13.8 Å². The number of hydrogen-bond acceptors (Lipinski definition) is 2. The molecule has 0 aliphatic carbocycles. The quantitative estimate of drug-likeness (QED) is 0.421. The van der Waals surface area contributed by atoms with E-state index < -0.39 is 25.2 Å². The van der Waals surface area contributed by atoms with Crippen LogP contribution >= 0.6 is 0 Å². The molecular formula is C6H16N2. The van der Waals surface area contributed by atoms with Crippen LogP contribution in [0.2, 0.25) is 0 Å². The fourth-order valence-corrected chi connectivity index (χ4v) is 0.125. The Hall–Kier alpha value is -0.0800. The second-order valence-corrected chi connectivity index (χ2v) is 2.07. The summed E-state index contributed by atoms with van der Waals surface area (Å²) in [5.41, 5.74) is 0.489. The Balaban J connectivity index is 5.07. The van der Waals surface area contributed by atoms with Gasteiger partial charge in [0.25, 0.3) is 0 Å². The van der Waals surface area contributed by atoms with Crippen LogP contribution in [0, 0.1) is 5.92 Å². The summed E-state index contributed by atoms with van der Waals surface area (Å²) >= 11 is 0. The van der Waals surface area contributed by atoms with Gasteiger partial charge >= 0.3 is 0 Å². The van der Waals surface area contributed by atoms with Crippen molar-refractivity contribution >= 4 is 0 Å². The summed E-state index contributed by atoms with van der Waals surface area (Å²) in [5.74, 6) is 4.07. The first-order chi connectivity index (χ1) is 5.97. The van der Waals surface area contributed by atoms with Gasteiger partial charge in [-0.1, -0.05) is 13.8 Å². The fraction of sp³-hybridized carbons (Fsp3) is 1.00. The highest BCUT2D eigenvalue weighted by Crippen LogP contribution is 2.12. The predicted octanol–water partition coefficient (Wildman–Crippen LogP) is 0.884. The van der Waals surface area contributed by atoms with Crippen LogP contribution in [-0.4, -0.2) is 5.54 Å². The molecular weight excluding hydrogens is 100 g/mol. The van der Waals surface area contributed by atoms with Crippen molar-refractivity contribution in [2.24, 2.45) is 11.8 Å². The van der Waals surface area contributed by atoms with E-state index in [9.17, 15) is 0 Å². The minimum absolute atomic E-state index is 1.06. The lowest BCUT2D eigenvalue weighted by Crippen LogP contribution is -2.48. The number of hydrogen-bond donors (Lipinski definition) is 2. The van der Waals surface area contributed by atoms with Gasteiger partial charge in [-0.05, 0) is 19.7 Å². The third-order valence-corrected chi connectivity index (χ3v) is 1.17. The molecule has 0 saturated carbocycles. The van der Waals surface area contributed by atoms with Crippen LogP contribution < -0.4 is 11.3 Å². The second kappa shape index (κ2) is 2.46. The van der Waals surface area contributed by atoms with Gasteiger partial charge in [0.05, 0.1) is 0 Å². The monoisotopic (exact) mass is 122 g/mol. The molecule has 0 aromatic rings. The second-order valence-electron chi connectivity index (χ2n) is 2.07. The number of nitrogens with one attached hydrogen (secondary N) is 1. The highest BCUT2D eigenvalue weighted by molar-refractivity contribution is 4.77. The van der Waals surface area contributed by atoms with E-state index in [0.717, 1.165) is 0 Å². The topological polar surface area (TPSA) is 38.0 Å². The van der Waals surface area contributed by atoms with Gasteiger partial charge in [0.2, 0.25) is 0 Å². The van der Waals surface area contributed by atoms with E-state index in [2.05, 4.69) is 5.43 Å². The lowest BCUT2D eigenvalue weighted by molar-refractivity contribution is 0.292. The zero-order valence-electron chi connectivity index (χ0n) is 11.2. The molecule has 0 heterocycles. The van der Waals surface area contributed by atoms with E-state index in [4.69, 9.17) is 14.1 Å². The maximum Gasteiger partial charge on any atom is 0.0288 e. The van der Waals surface area contributed by atoms with Gasteiger partial charge in [-0.15, -0.1) is 0 Å². The highest BCUT2D eigenvalue weighted by Gasteiger charge is 2.18. The Labute approximate surface area is 59.9 Å². The highest BCUT2D eigenvalue weighted by atomic mass is 15.3. The van der Waals surface area contributed by atoms with Gasteiger partial charge in [-0.2, -0.15) is 0 Å². The zero-order valence-corrected chi connectivity index (χ0v) is 5.15. The minimum atomic E-state index is -2.46. The lowest BCUT2D eigenvalue weighted by Gasteiger charge is -2.27. The van der Waals surface area contributed by atoms with E-state index in [-0.39, 0.29) is 0 Å². The number of hydrazine groups is 1. The molecule has 0 radical (unpaired) electrons. The van der Waals surface area contributed by atoms with Gasteiger partial charge in [-0.3, -0.25) is 11.3 Å². The Kier molecular flexibility index (Phi) is 0.700. The van der Waals surface area contributed by atoms with Crippen molar-refractivity contribution in [1.82, 2.24) is 5.43 Å². The van der Waals surface area contributed by atoms with E-state index in [0.29, 0.717) is 0 Å². The summed E-state index contributed by atoms with van der Waals surface area (Å²) in [5, 5.41) is 0. The first-order valence-corrected chi connectivity index (χ1v) is 2.44. The van der Waals surface area contributed by atoms with E-state index in [1.165, 1.54) is 13.8 Å². The molecule has 0 amide bonds. The fourth-order valence-electron chi connectivity index (χ4n) is 0.125. The molecule has 0 aliphatic heterocycles. The summed E-state index contributed by atoms with van der Waals surface area (Å²) in [7, 11) is 0. The van der Waals surface area contributed by atoms with Crippen LogP contribution in [-0.2, 0) is 0 Å². The van der Waals surface area contributed by atoms with Crippen LogP contribution in [0.25, 0.3) is 0 Å². The molecule has 0 rings (SSSR count). The Bertz CT molecular complexity index is 197. The Morgan fingerprint density at radius 2 is 2.50 bits per heavy atom. The van der Waals surface area contributed by atoms with Crippen LogP contribution in [0.1, 0.15) is 35.8 Å². The molecule has 0 spiro atoms. The SMILES string of the molecule is [2H]C([2H])([2H])C(C)C(C)(NN)C([2H])([2H])[2H]. The lowest BCUT2D eigenvalue weighted by atomic mass is 9.92. The largest absolute Gasteiger partial charge is 0.271 e. The summed E-state index contributed by atoms with van der Waals surface area (Å²) in [6.07, 6.45) is 0. The molecule has 0 bridgehead atoms. The van der Waals surface area contributed by atoms with Crippen LogP contribution in [0.3, 0.4) is 0 Å². The Morgan fingerprint density at radius 3 is 2.62 bits per heavy atom. The van der Waals surface area contributed by atoms with Gasteiger partial charge < -0.3 is 0 Å². The maximum absolute atomic E-state index is 7.24. The van der Waals surface area contributed by atoms with Crippen molar-refractivity contribution < 1.29 is 8.22 Å². The summed E-state index contributed by atoms with van der Waals surface area (Å²) in [6, 6.07) is 0. The molecule has 50 valence electrons. The molecule has 0 saturated heterocycles. The van der Waals surface area contributed by atoms with E-state index in [1.807, 2.05) is 0 Å². The minimum Gasteiger partial charge on any atom is -0.271 e. The summed E-state index contributed by atoms with van der Waals surface area (Å²) in [4.78, 5) is 0. The summed E-state index contributed by atoms with van der Waals surface area (Å²) in [6.45, 7) is -2.18. The number of rotatable bonds is 2. The molecule has 2 nitrogen and oxygen atoms in total. The normalized spacial score (nSPS) is 36.4. The first kappa shape index (κ1) is 2.27. The molecule has 2 heteroatoms. The van der Waals surface area contributed by atoms with E-state index >= 15 is 0 Å². The predicted molar refractivity (Wildman–Crippen MR) is 36.2 cm³/mol. The smallest absolute Gasteiger partial charge is 0.0288 e. The van der Waals surface area contributed by atoms with Crippen molar-refractivity contribution in [2.75, 3.05) is 0 Å². The average Bonchev–Trinajstić information content (AvgIpc) is 1.97. The van der Waals surface area contributed by atoms with Crippen molar-refractivity contribution in [3.05, 3.63) is 0 Å². The molecule has 2 atom stereocenters. The third kappa shape index (κ3) is 1.80. The molecule has 8 heavy (non-hydrogen) atoms. The maximum atomic E-state index is 7.24. The average molecular weight is 122 g/mol. The standard InChI is InChI=1S/C6H16N2/c1-5(2)6(3,4)8-7/h5,8H,7H2,1-4H3/i1D3,3D3. The van der Waals surface area contributed by atoms with Crippen molar-refractivity contribution in [3.63, 3.8) is 0 Å². The Morgan fingerprint density at radius 1 is 1.88 bits per heavy atom. The molecule has 0 aromatic carbocycles. The number of nitrogens with two attached hydrogens (primary N) is 1. The van der Waals surface area contributed by atoms with Crippen molar-refractivity contribution in [1.29, 1.82) is 0 Å². The zero-order chi connectivity index (χ0) is 11.8. The van der Waals surface area contributed by atoms with Crippen molar-refractivity contribution in [3.8, 4) is 0 Å². The van der Waals surface area contributed by atoms with Gasteiger partial charge in [-0.25, -0.2) is 0 Å². The molecule has 3 N–H and O–H groups in total. The molecule has 0 aliphatic rings. The molecule has 0 aromatic heterocycles.